The second-order valence-corrected chi connectivity index (χ2v) is 9.44. The fourth-order valence-corrected chi connectivity index (χ4v) is 5.02. The van der Waals surface area contributed by atoms with Crippen molar-refractivity contribution in [2.24, 2.45) is 0 Å². The number of nitrogens with zero attached hydrogens (tertiary/aromatic N) is 3. The highest BCUT2D eigenvalue weighted by molar-refractivity contribution is 7.86. The van der Waals surface area contributed by atoms with Crippen LogP contribution >= 0.6 is 22.9 Å². The number of halogens is 3. The van der Waals surface area contributed by atoms with Gasteiger partial charge in [0, 0.05) is 16.8 Å². The Morgan fingerprint density at radius 2 is 2.10 bits per heavy atom. The van der Waals surface area contributed by atoms with Crippen molar-refractivity contribution in [3.05, 3.63) is 45.9 Å². The molecule has 1 unspecified atom stereocenters. The number of alkyl halides is 2. The summed E-state index contributed by atoms with van der Waals surface area (Å²) in [4.78, 5) is 29.1. The third-order valence-corrected chi connectivity index (χ3v) is 7.07. The predicted octanol–water partition coefficient (Wildman–Crippen LogP) is 2.59. The maximum Gasteiger partial charge on any atom is 0.271 e. The summed E-state index contributed by atoms with van der Waals surface area (Å²) in [7, 11) is -1.48. The molecule has 0 saturated carbocycles. The second kappa shape index (κ2) is 9.16. The number of carbonyl (C=O) groups is 2. The van der Waals surface area contributed by atoms with Crippen LogP contribution in [0.5, 0.6) is 0 Å². The van der Waals surface area contributed by atoms with E-state index in [2.05, 4.69) is 10.3 Å². The van der Waals surface area contributed by atoms with E-state index in [0.717, 1.165) is 21.8 Å². The van der Waals surface area contributed by atoms with Gasteiger partial charge in [0.25, 0.3) is 11.8 Å². The van der Waals surface area contributed by atoms with Crippen LogP contribution in [-0.2, 0) is 21.3 Å². The zero-order chi connectivity index (χ0) is 21.9. The second-order valence-electron chi connectivity index (χ2n) is 6.52. The lowest BCUT2D eigenvalue weighted by Crippen LogP contribution is -2.43. The minimum atomic E-state index is -3.13. The standard InChI is InChI=1S/C18H15ClF2N4O3S2/c19-12-3-1-11(2-4-12)9-30(28)17-24-14(8-29-17)16(27)23-7-15(26)25-10-18(20,21)5-13(25)6-22/h1-4,8,13H,5,7,9-10H2,(H,23,27)/t13-,30?/m0/s1. The van der Waals surface area contributed by atoms with E-state index in [4.69, 9.17) is 16.9 Å². The van der Waals surface area contributed by atoms with Crippen LogP contribution in [0.4, 0.5) is 8.78 Å². The van der Waals surface area contributed by atoms with Crippen LogP contribution in [0.25, 0.3) is 0 Å². The van der Waals surface area contributed by atoms with Crippen molar-refractivity contribution in [2.45, 2.75) is 28.5 Å². The highest BCUT2D eigenvalue weighted by Crippen LogP contribution is 2.31. The SMILES string of the molecule is N#C[C@@H]1CC(F)(F)CN1C(=O)CNC(=O)c1csc(S(=O)Cc2ccc(Cl)cc2)n1. The van der Waals surface area contributed by atoms with E-state index in [1.807, 2.05) is 0 Å². The summed E-state index contributed by atoms with van der Waals surface area (Å²) in [6.07, 6.45) is -0.724. The maximum atomic E-state index is 13.4. The normalized spacial score (nSPS) is 18.6. The molecule has 1 saturated heterocycles. The molecule has 1 aromatic carbocycles. The Morgan fingerprint density at radius 1 is 1.40 bits per heavy atom. The minimum absolute atomic E-state index is 0.0316. The lowest BCUT2D eigenvalue weighted by molar-refractivity contribution is -0.131. The van der Waals surface area contributed by atoms with Gasteiger partial charge in [-0.3, -0.25) is 13.8 Å². The number of rotatable bonds is 6. The first-order valence-corrected chi connectivity index (χ1v) is 11.2. The van der Waals surface area contributed by atoms with Crippen LogP contribution in [0, 0.1) is 11.3 Å². The third-order valence-electron chi connectivity index (χ3n) is 4.26. The largest absolute Gasteiger partial charge is 0.342 e. The summed E-state index contributed by atoms with van der Waals surface area (Å²) < 4.78 is 39.5. The van der Waals surface area contributed by atoms with Gasteiger partial charge in [0.1, 0.15) is 11.7 Å². The summed E-state index contributed by atoms with van der Waals surface area (Å²) in [5, 5.41) is 13.2. The van der Waals surface area contributed by atoms with Crippen LogP contribution < -0.4 is 5.32 Å². The van der Waals surface area contributed by atoms with Crippen molar-refractivity contribution in [3.63, 3.8) is 0 Å². The molecule has 1 fully saturated rings. The van der Waals surface area contributed by atoms with E-state index < -0.39 is 54.1 Å². The Balaban J connectivity index is 1.56. The highest BCUT2D eigenvalue weighted by atomic mass is 35.5. The molecule has 0 spiro atoms. The fraction of sp³-hybridized carbons (Fsp3) is 0.333. The first-order valence-electron chi connectivity index (χ1n) is 8.62. The van der Waals surface area contributed by atoms with Crippen molar-refractivity contribution in [1.82, 2.24) is 15.2 Å². The molecule has 2 atom stereocenters. The maximum absolute atomic E-state index is 13.4. The molecule has 30 heavy (non-hydrogen) atoms. The molecule has 7 nitrogen and oxygen atoms in total. The van der Waals surface area contributed by atoms with E-state index in [9.17, 15) is 22.6 Å². The van der Waals surface area contributed by atoms with E-state index >= 15 is 0 Å². The molecule has 0 bridgehead atoms. The first kappa shape index (κ1) is 22.3. The molecule has 1 aromatic heterocycles. The number of nitrogens with one attached hydrogen (secondary N) is 1. The van der Waals surface area contributed by atoms with Gasteiger partial charge in [0.2, 0.25) is 5.91 Å². The molecule has 2 aromatic rings. The number of benzene rings is 1. The number of amides is 2. The van der Waals surface area contributed by atoms with Crippen molar-refractivity contribution in [2.75, 3.05) is 13.1 Å². The van der Waals surface area contributed by atoms with Gasteiger partial charge in [0.05, 0.1) is 35.7 Å². The number of thiazole rings is 1. The van der Waals surface area contributed by atoms with Crippen molar-refractivity contribution >= 4 is 45.6 Å². The summed E-state index contributed by atoms with van der Waals surface area (Å²) in [6.45, 7) is -1.40. The third kappa shape index (κ3) is 5.38. The molecule has 0 radical (unpaired) electrons. The minimum Gasteiger partial charge on any atom is -0.342 e. The molecule has 0 aliphatic carbocycles. The fourth-order valence-electron chi connectivity index (χ4n) is 2.80. The topological polar surface area (TPSA) is 103 Å². The number of aromatic nitrogens is 1. The van der Waals surface area contributed by atoms with Gasteiger partial charge < -0.3 is 10.2 Å². The number of likely N-dealkylation sites (tertiary alicyclic amines) is 1. The van der Waals surface area contributed by atoms with Crippen LogP contribution in [-0.4, -0.2) is 51.0 Å². The van der Waals surface area contributed by atoms with Crippen LogP contribution in [0.1, 0.15) is 22.5 Å². The number of nitriles is 1. The Hall–Kier alpha value is -2.42. The molecule has 1 aliphatic heterocycles. The molecule has 1 aliphatic rings. The lowest BCUT2D eigenvalue weighted by atomic mass is 10.2. The smallest absolute Gasteiger partial charge is 0.271 e. The Bertz CT molecular complexity index is 1020. The van der Waals surface area contributed by atoms with Gasteiger partial charge in [-0.1, -0.05) is 23.7 Å². The number of carbonyl (C=O) groups excluding carboxylic acids is 2. The zero-order valence-electron chi connectivity index (χ0n) is 15.3. The van der Waals surface area contributed by atoms with E-state index in [0.29, 0.717) is 5.02 Å². The predicted molar refractivity (Wildman–Crippen MR) is 107 cm³/mol. The molecular weight excluding hydrogens is 458 g/mol. The Labute approximate surface area is 182 Å². The molecule has 1 N–H and O–H groups in total. The molecule has 12 heteroatoms. The van der Waals surface area contributed by atoms with Gasteiger partial charge in [-0.15, -0.1) is 11.3 Å². The van der Waals surface area contributed by atoms with Gasteiger partial charge in [-0.25, -0.2) is 13.8 Å². The molecule has 3 rings (SSSR count). The van der Waals surface area contributed by atoms with Gasteiger partial charge in [0.15, 0.2) is 4.34 Å². The van der Waals surface area contributed by atoms with E-state index in [1.54, 1.807) is 30.3 Å². The van der Waals surface area contributed by atoms with Gasteiger partial charge in [-0.05, 0) is 17.7 Å². The monoisotopic (exact) mass is 472 g/mol. The zero-order valence-corrected chi connectivity index (χ0v) is 17.7. The number of hydrogen-bond donors (Lipinski definition) is 1. The molecule has 2 amide bonds. The Kier molecular flexibility index (Phi) is 6.80. The summed E-state index contributed by atoms with van der Waals surface area (Å²) in [6, 6.07) is 7.28. The van der Waals surface area contributed by atoms with E-state index in [-0.39, 0.29) is 15.8 Å². The van der Waals surface area contributed by atoms with Crippen LogP contribution in [0.3, 0.4) is 0 Å². The summed E-state index contributed by atoms with van der Waals surface area (Å²) in [5.41, 5.74) is 0.759. The first-order chi connectivity index (χ1) is 14.2. The van der Waals surface area contributed by atoms with Crippen molar-refractivity contribution in [1.29, 1.82) is 5.26 Å². The van der Waals surface area contributed by atoms with Gasteiger partial charge in [-0.2, -0.15) is 5.26 Å². The lowest BCUT2D eigenvalue weighted by Gasteiger charge is -2.19. The van der Waals surface area contributed by atoms with Crippen LogP contribution in [0.15, 0.2) is 34.0 Å². The Morgan fingerprint density at radius 3 is 2.77 bits per heavy atom. The number of hydrogen-bond acceptors (Lipinski definition) is 6. The average molecular weight is 473 g/mol. The molecular formula is C18H15ClF2N4O3S2. The van der Waals surface area contributed by atoms with E-state index in [1.165, 1.54) is 5.38 Å². The van der Waals surface area contributed by atoms with Crippen molar-refractivity contribution < 1.29 is 22.6 Å². The molecule has 2 heterocycles. The quantitative estimate of drug-likeness (QED) is 0.696. The van der Waals surface area contributed by atoms with Crippen LogP contribution in [0.2, 0.25) is 5.02 Å². The van der Waals surface area contributed by atoms with Gasteiger partial charge >= 0.3 is 0 Å². The highest BCUT2D eigenvalue weighted by Gasteiger charge is 2.47. The average Bonchev–Trinajstić information content (AvgIpc) is 3.32. The van der Waals surface area contributed by atoms with Crippen molar-refractivity contribution in [3.8, 4) is 6.07 Å². The summed E-state index contributed by atoms with van der Waals surface area (Å²) >= 11 is 6.85. The summed E-state index contributed by atoms with van der Waals surface area (Å²) in [5.74, 6) is -4.41. The molecule has 158 valence electrons.